The number of halogens is 1. The van der Waals surface area contributed by atoms with E-state index in [1.54, 1.807) is 24.4 Å². The van der Waals surface area contributed by atoms with Crippen molar-refractivity contribution >= 4 is 45.6 Å². The van der Waals surface area contributed by atoms with Crippen LogP contribution in [0.25, 0.3) is 10.8 Å². The molecule has 0 radical (unpaired) electrons. The Balaban J connectivity index is 1.35. The van der Waals surface area contributed by atoms with Crippen LogP contribution < -0.4 is 10.6 Å². The van der Waals surface area contributed by atoms with Crippen molar-refractivity contribution in [1.29, 1.82) is 0 Å². The zero-order chi connectivity index (χ0) is 23.2. The molecule has 0 bridgehead atoms. The van der Waals surface area contributed by atoms with Gasteiger partial charge in [-0.15, -0.1) is 0 Å². The van der Waals surface area contributed by atoms with Crippen LogP contribution in [-0.4, -0.2) is 54.5 Å². The molecule has 7 nitrogen and oxygen atoms in total. The van der Waals surface area contributed by atoms with Gasteiger partial charge in [-0.1, -0.05) is 23.7 Å². The van der Waals surface area contributed by atoms with Crippen molar-refractivity contribution in [3.8, 4) is 0 Å². The molecule has 0 spiro atoms. The summed E-state index contributed by atoms with van der Waals surface area (Å²) in [5, 5.41) is 8.22. The number of nitrogens with zero attached hydrogens (tertiary/aromatic N) is 2. The number of carbonyl (C=O) groups excluding carboxylic acids is 2. The van der Waals surface area contributed by atoms with E-state index < -0.39 is 0 Å². The van der Waals surface area contributed by atoms with Gasteiger partial charge in [0.25, 0.3) is 0 Å². The van der Waals surface area contributed by atoms with Crippen molar-refractivity contribution in [2.75, 3.05) is 43.5 Å². The van der Waals surface area contributed by atoms with E-state index in [0.29, 0.717) is 36.2 Å². The van der Waals surface area contributed by atoms with Crippen LogP contribution in [0.5, 0.6) is 0 Å². The summed E-state index contributed by atoms with van der Waals surface area (Å²) in [7, 11) is 0. The van der Waals surface area contributed by atoms with Crippen LogP contribution in [0.3, 0.4) is 0 Å². The summed E-state index contributed by atoms with van der Waals surface area (Å²) < 4.78 is 5.82. The maximum absolute atomic E-state index is 12.7. The Hall–Kier alpha value is -3.00. The van der Waals surface area contributed by atoms with E-state index in [1.807, 2.05) is 12.3 Å². The van der Waals surface area contributed by atoms with Crippen LogP contribution in [0.1, 0.15) is 12.5 Å². The van der Waals surface area contributed by atoms with Gasteiger partial charge in [0.2, 0.25) is 11.8 Å². The fraction of sp³-hybridized carbons (Fsp3) is 0.320. The highest BCUT2D eigenvalue weighted by molar-refractivity contribution is 6.34. The van der Waals surface area contributed by atoms with Crippen molar-refractivity contribution in [3.05, 3.63) is 65.4 Å². The van der Waals surface area contributed by atoms with E-state index in [1.165, 1.54) is 17.9 Å². The molecule has 1 saturated heterocycles. The standard InChI is InChI=1S/C25H27ClN4O3/c1-17(31)28-22-4-5-24(23(26)12-22)29-25(32)15-30-8-9-33-16-19(14-30)10-18-2-3-20-6-7-27-13-21(20)11-18/h2-7,11-13,19H,8-10,14-16H2,1H3,(H,28,31)(H,29,32)/t19-/m0/s1. The number of amides is 2. The molecule has 1 aromatic heterocycles. The normalized spacial score (nSPS) is 16.8. The Labute approximate surface area is 198 Å². The number of hydrogen-bond donors (Lipinski definition) is 2. The number of pyridine rings is 1. The van der Waals surface area contributed by atoms with Gasteiger partial charge >= 0.3 is 0 Å². The highest BCUT2D eigenvalue weighted by Gasteiger charge is 2.21. The first-order valence-electron chi connectivity index (χ1n) is 11.0. The minimum Gasteiger partial charge on any atom is -0.380 e. The van der Waals surface area contributed by atoms with Crippen LogP contribution in [-0.2, 0) is 20.7 Å². The average Bonchev–Trinajstić information content (AvgIpc) is 3.00. The zero-order valence-electron chi connectivity index (χ0n) is 18.5. The van der Waals surface area contributed by atoms with E-state index in [2.05, 4.69) is 38.7 Å². The van der Waals surface area contributed by atoms with Gasteiger partial charge in [0, 0.05) is 43.5 Å². The third-order valence-electron chi connectivity index (χ3n) is 5.58. The number of carbonyl (C=O) groups is 2. The predicted octanol–water partition coefficient (Wildman–Crippen LogP) is 3.98. The lowest BCUT2D eigenvalue weighted by molar-refractivity contribution is -0.117. The molecule has 1 aliphatic rings. The Morgan fingerprint density at radius 3 is 2.85 bits per heavy atom. The Kier molecular flexibility index (Phi) is 7.54. The first kappa shape index (κ1) is 23.2. The summed E-state index contributed by atoms with van der Waals surface area (Å²) in [5.41, 5.74) is 2.34. The molecule has 2 amide bonds. The second kappa shape index (κ2) is 10.7. The molecule has 2 aromatic carbocycles. The number of aromatic nitrogens is 1. The molecule has 8 heteroatoms. The van der Waals surface area contributed by atoms with Crippen LogP contribution in [0.2, 0.25) is 5.02 Å². The SMILES string of the molecule is CC(=O)Nc1ccc(NC(=O)CN2CCOC[C@@H](Cc3ccc4ccncc4c3)C2)c(Cl)c1. The first-order chi connectivity index (χ1) is 16.0. The maximum atomic E-state index is 12.7. The fourth-order valence-corrected chi connectivity index (χ4v) is 4.33. The third kappa shape index (κ3) is 6.51. The van der Waals surface area contributed by atoms with E-state index in [4.69, 9.17) is 16.3 Å². The second-order valence-electron chi connectivity index (χ2n) is 8.36. The number of fused-ring (bicyclic) bond motifs is 1. The molecule has 2 heterocycles. The molecule has 3 aromatic rings. The van der Waals surface area contributed by atoms with Crippen LogP contribution in [0.4, 0.5) is 11.4 Å². The predicted molar refractivity (Wildman–Crippen MR) is 131 cm³/mol. The Morgan fingerprint density at radius 2 is 2.03 bits per heavy atom. The smallest absolute Gasteiger partial charge is 0.238 e. The molecular formula is C25H27ClN4O3. The number of hydrogen-bond acceptors (Lipinski definition) is 5. The van der Waals surface area contributed by atoms with Gasteiger partial charge in [-0.2, -0.15) is 0 Å². The minimum atomic E-state index is -0.179. The Morgan fingerprint density at radius 1 is 1.15 bits per heavy atom. The van der Waals surface area contributed by atoms with Crippen molar-refractivity contribution in [3.63, 3.8) is 0 Å². The summed E-state index contributed by atoms with van der Waals surface area (Å²) in [6, 6.07) is 13.5. The lowest BCUT2D eigenvalue weighted by Crippen LogP contribution is -2.37. The van der Waals surface area contributed by atoms with Crippen molar-refractivity contribution in [1.82, 2.24) is 9.88 Å². The van der Waals surface area contributed by atoms with Gasteiger partial charge < -0.3 is 15.4 Å². The lowest BCUT2D eigenvalue weighted by atomic mass is 9.98. The van der Waals surface area contributed by atoms with Gasteiger partial charge in [-0.25, -0.2) is 0 Å². The number of rotatable bonds is 6. The second-order valence-corrected chi connectivity index (χ2v) is 8.77. The monoisotopic (exact) mass is 466 g/mol. The highest BCUT2D eigenvalue weighted by Crippen LogP contribution is 2.26. The van der Waals surface area contributed by atoms with Crippen molar-refractivity contribution < 1.29 is 14.3 Å². The molecule has 1 aliphatic heterocycles. The third-order valence-corrected chi connectivity index (χ3v) is 5.89. The van der Waals surface area contributed by atoms with Gasteiger partial charge in [-0.3, -0.25) is 19.5 Å². The summed E-state index contributed by atoms with van der Waals surface area (Å²) in [5.74, 6) is -0.0299. The first-order valence-corrected chi connectivity index (χ1v) is 11.3. The number of nitrogens with one attached hydrogen (secondary N) is 2. The topological polar surface area (TPSA) is 83.6 Å². The van der Waals surface area contributed by atoms with E-state index >= 15 is 0 Å². The van der Waals surface area contributed by atoms with Gasteiger partial charge in [0.15, 0.2) is 0 Å². The largest absolute Gasteiger partial charge is 0.380 e. The van der Waals surface area contributed by atoms with Crippen molar-refractivity contribution in [2.45, 2.75) is 13.3 Å². The molecule has 0 aliphatic carbocycles. The van der Waals surface area contributed by atoms with Gasteiger partial charge in [0.1, 0.15) is 0 Å². The van der Waals surface area contributed by atoms with Gasteiger partial charge in [0.05, 0.1) is 30.5 Å². The van der Waals surface area contributed by atoms with E-state index in [-0.39, 0.29) is 24.3 Å². The molecule has 1 fully saturated rings. The van der Waals surface area contributed by atoms with Crippen LogP contribution in [0.15, 0.2) is 54.9 Å². The fourth-order valence-electron chi connectivity index (χ4n) is 4.10. The summed E-state index contributed by atoms with van der Waals surface area (Å²) in [6.07, 6.45) is 4.56. The molecule has 2 N–H and O–H groups in total. The molecular weight excluding hydrogens is 440 g/mol. The average molecular weight is 467 g/mol. The summed E-state index contributed by atoms with van der Waals surface area (Å²) >= 11 is 6.28. The van der Waals surface area contributed by atoms with E-state index in [9.17, 15) is 9.59 Å². The van der Waals surface area contributed by atoms with Crippen LogP contribution >= 0.6 is 11.6 Å². The molecule has 4 rings (SSSR count). The number of ether oxygens (including phenoxy) is 1. The zero-order valence-corrected chi connectivity index (χ0v) is 19.3. The van der Waals surface area contributed by atoms with Crippen molar-refractivity contribution in [2.24, 2.45) is 5.92 Å². The highest BCUT2D eigenvalue weighted by atomic mass is 35.5. The molecule has 0 unspecified atom stereocenters. The van der Waals surface area contributed by atoms with E-state index in [0.717, 1.165) is 18.4 Å². The van der Waals surface area contributed by atoms with Gasteiger partial charge in [-0.05, 0) is 53.6 Å². The molecule has 172 valence electrons. The summed E-state index contributed by atoms with van der Waals surface area (Å²) in [6.45, 7) is 4.41. The molecule has 0 saturated carbocycles. The van der Waals surface area contributed by atoms with Crippen LogP contribution in [0, 0.1) is 5.92 Å². The molecule has 33 heavy (non-hydrogen) atoms. The number of anilines is 2. The Bertz CT molecular complexity index is 1150. The lowest BCUT2D eigenvalue weighted by Gasteiger charge is -2.23. The number of benzene rings is 2. The maximum Gasteiger partial charge on any atom is 0.238 e. The summed E-state index contributed by atoms with van der Waals surface area (Å²) in [4.78, 5) is 30.2. The minimum absolute atomic E-state index is 0.137. The molecule has 1 atom stereocenters. The quantitative estimate of drug-likeness (QED) is 0.574.